The van der Waals surface area contributed by atoms with Crippen LogP contribution in [0.1, 0.15) is 42.7 Å². The lowest BCUT2D eigenvalue weighted by molar-refractivity contribution is -0.130. The van der Waals surface area contributed by atoms with Gasteiger partial charge in [-0.1, -0.05) is 25.4 Å². The number of pyridine rings is 1. The molecule has 0 saturated heterocycles. The normalized spacial score (nSPS) is 12.2. The summed E-state index contributed by atoms with van der Waals surface area (Å²) in [4.78, 5) is 29.5. The summed E-state index contributed by atoms with van der Waals surface area (Å²) in [5.41, 5.74) is 1.15. The van der Waals surface area contributed by atoms with E-state index in [1.807, 2.05) is 13.8 Å². The highest BCUT2D eigenvalue weighted by atomic mass is 35.5. The third-order valence-electron chi connectivity index (χ3n) is 2.83. The summed E-state index contributed by atoms with van der Waals surface area (Å²) in [5, 5.41) is 2.93. The van der Waals surface area contributed by atoms with Gasteiger partial charge in [0, 0.05) is 25.4 Å². The quantitative estimate of drug-likeness (QED) is 0.865. The number of rotatable bonds is 4. The van der Waals surface area contributed by atoms with Crippen molar-refractivity contribution in [3.63, 3.8) is 0 Å². The van der Waals surface area contributed by atoms with Crippen LogP contribution in [0.4, 0.5) is 0 Å². The van der Waals surface area contributed by atoms with Gasteiger partial charge in [-0.3, -0.25) is 9.59 Å². The summed E-state index contributed by atoms with van der Waals surface area (Å²) >= 11 is 5.92. The topological polar surface area (TPSA) is 62.3 Å². The van der Waals surface area contributed by atoms with Gasteiger partial charge in [0.15, 0.2) is 0 Å². The van der Waals surface area contributed by atoms with Crippen molar-refractivity contribution >= 4 is 23.4 Å². The monoisotopic (exact) mass is 297 g/mol. The summed E-state index contributed by atoms with van der Waals surface area (Å²) in [6, 6.07) is 2.60. The molecule has 1 unspecified atom stereocenters. The summed E-state index contributed by atoms with van der Waals surface area (Å²) < 4.78 is 0. The molecule has 0 aliphatic rings. The molecule has 6 heteroatoms. The Morgan fingerprint density at radius 3 is 2.35 bits per heavy atom. The van der Waals surface area contributed by atoms with Gasteiger partial charge in [-0.2, -0.15) is 0 Å². The minimum Gasteiger partial charge on any atom is -0.347 e. The molecular formula is C14H20ClN3O2. The Morgan fingerprint density at radius 2 is 1.85 bits per heavy atom. The standard InChI is InChI=1S/C14H20ClN3O2/c1-8(2)11-6-10(7-12(15)17-11)13(19)16-9(3)14(20)18(4)5/h6-9H,1-5H3,(H,16,19). The van der Waals surface area contributed by atoms with Gasteiger partial charge in [0.05, 0.1) is 0 Å². The molecule has 20 heavy (non-hydrogen) atoms. The van der Waals surface area contributed by atoms with Crippen LogP contribution in [-0.2, 0) is 4.79 Å². The zero-order valence-electron chi connectivity index (χ0n) is 12.4. The molecule has 1 N–H and O–H groups in total. The van der Waals surface area contributed by atoms with Crippen molar-refractivity contribution in [1.29, 1.82) is 0 Å². The fourth-order valence-corrected chi connectivity index (χ4v) is 1.89. The lowest BCUT2D eigenvalue weighted by atomic mass is 10.1. The zero-order valence-corrected chi connectivity index (χ0v) is 13.2. The molecule has 0 radical (unpaired) electrons. The molecule has 0 saturated carbocycles. The van der Waals surface area contributed by atoms with E-state index >= 15 is 0 Å². The average Bonchev–Trinajstić information content (AvgIpc) is 2.36. The Hall–Kier alpha value is -1.62. The van der Waals surface area contributed by atoms with Crippen molar-refractivity contribution in [2.45, 2.75) is 32.7 Å². The third kappa shape index (κ3) is 4.20. The highest BCUT2D eigenvalue weighted by Crippen LogP contribution is 2.17. The Bertz CT molecular complexity index is 515. The van der Waals surface area contributed by atoms with Crippen LogP contribution in [0.25, 0.3) is 0 Å². The Balaban J connectivity index is 2.90. The van der Waals surface area contributed by atoms with Crippen LogP contribution in [0.5, 0.6) is 0 Å². The van der Waals surface area contributed by atoms with E-state index in [4.69, 9.17) is 11.6 Å². The molecule has 2 amide bonds. The van der Waals surface area contributed by atoms with Gasteiger partial charge < -0.3 is 10.2 Å². The smallest absolute Gasteiger partial charge is 0.252 e. The van der Waals surface area contributed by atoms with Crippen molar-refractivity contribution in [2.75, 3.05) is 14.1 Å². The summed E-state index contributed by atoms with van der Waals surface area (Å²) in [6.07, 6.45) is 0. The number of nitrogens with zero attached hydrogens (tertiary/aromatic N) is 2. The van der Waals surface area contributed by atoms with Crippen molar-refractivity contribution < 1.29 is 9.59 Å². The lowest BCUT2D eigenvalue weighted by Gasteiger charge is -2.18. The zero-order chi connectivity index (χ0) is 15.4. The molecule has 0 aliphatic carbocycles. The second-order valence-electron chi connectivity index (χ2n) is 5.19. The number of likely N-dealkylation sites (N-methyl/N-ethyl adjacent to an activating group) is 1. The number of amides is 2. The van der Waals surface area contributed by atoms with E-state index in [0.29, 0.717) is 5.56 Å². The van der Waals surface area contributed by atoms with Crippen molar-refractivity contribution in [1.82, 2.24) is 15.2 Å². The average molecular weight is 298 g/mol. The number of aromatic nitrogens is 1. The van der Waals surface area contributed by atoms with Crippen LogP contribution >= 0.6 is 11.6 Å². The van der Waals surface area contributed by atoms with Crippen LogP contribution in [0, 0.1) is 0 Å². The maximum Gasteiger partial charge on any atom is 0.252 e. The minimum atomic E-state index is -0.591. The number of hydrogen-bond donors (Lipinski definition) is 1. The van der Waals surface area contributed by atoms with Gasteiger partial charge in [0.1, 0.15) is 11.2 Å². The highest BCUT2D eigenvalue weighted by Gasteiger charge is 2.19. The molecule has 110 valence electrons. The Kier molecular flexibility index (Phi) is 5.51. The molecule has 1 atom stereocenters. The maximum absolute atomic E-state index is 12.1. The summed E-state index contributed by atoms with van der Waals surface area (Å²) in [5.74, 6) is -0.331. The largest absolute Gasteiger partial charge is 0.347 e. The van der Waals surface area contributed by atoms with E-state index in [-0.39, 0.29) is 22.9 Å². The molecule has 0 aliphatic heterocycles. The van der Waals surface area contributed by atoms with Crippen LogP contribution in [-0.4, -0.2) is 41.8 Å². The molecule has 0 aromatic carbocycles. The number of carbonyl (C=O) groups excluding carboxylic acids is 2. The lowest BCUT2D eigenvalue weighted by Crippen LogP contribution is -2.44. The number of nitrogens with one attached hydrogen (secondary N) is 1. The Labute approximate surface area is 124 Å². The van der Waals surface area contributed by atoms with E-state index in [1.165, 1.54) is 11.0 Å². The first-order valence-corrected chi connectivity index (χ1v) is 6.79. The van der Waals surface area contributed by atoms with Crippen LogP contribution in [0.3, 0.4) is 0 Å². The second-order valence-corrected chi connectivity index (χ2v) is 5.57. The van der Waals surface area contributed by atoms with Crippen LogP contribution < -0.4 is 5.32 Å². The van der Waals surface area contributed by atoms with Gasteiger partial charge >= 0.3 is 0 Å². The first kappa shape index (κ1) is 16.4. The first-order chi connectivity index (χ1) is 9.22. The number of carbonyl (C=O) groups is 2. The predicted molar refractivity (Wildman–Crippen MR) is 79.0 cm³/mol. The SMILES string of the molecule is CC(NC(=O)c1cc(Cl)nc(C(C)C)c1)C(=O)N(C)C. The van der Waals surface area contributed by atoms with E-state index in [1.54, 1.807) is 27.1 Å². The first-order valence-electron chi connectivity index (χ1n) is 6.42. The van der Waals surface area contributed by atoms with Gasteiger partial charge in [-0.05, 0) is 25.0 Å². The van der Waals surface area contributed by atoms with E-state index in [9.17, 15) is 9.59 Å². The highest BCUT2D eigenvalue weighted by molar-refractivity contribution is 6.29. The Morgan fingerprint density at radius 1 is 1.25 bits per heavy atom. The van der Waals surface area contributed by atoms with Gasteiger partial charge in [-0.15, -0.1) is 0 Å². The van der Waals surface area contributed by atoms with Crippen molar-refractivity contribution in [3.8, 4) is 0 Å². The van der Waals surface area contributed by atoms with E-state index < -0.39 is 6.04 Å². The van der Waals surface area contributed by atoms with Gasteiger partial charge in [0.25, 0.3) is 5.91 Å². The fourth-order valence-electron chi connectivity index (χ4n) is 1.67. The maximum atomic E-state index is 12.1. The molecule has 0 spiro atoms. The van der Waals surface area contributed by atoms with Crippen LogP contribution in [0.2, 0.25) is 5.15 Å². The van der Waals surface area contributed by atoms with E-state index in [2.05, 4.69) is 10.3 Å². The molecule has 0 bridgehead atoms. The fraction of sp³-hybridized carbons (Fsp3) is 0.500. The minimum absolute atomic E-state index is 0.164. The predicted octanol–water partition coefficient (Wildman–Crippen LogP) is 2.06. The number of halogens is 1. The third-order valence-corrected chi connectivity index (χ3v) is 3.02. The van der Waals surface area contributed by atoms with Crippen molar-refractivity contribution in [3.05, 3.63) is 28.5 Å². The molecule has 1 rings (SSSR count). The second kappa shape index (κ2) is 6.70. The van der Waals surface area contributed by atoms with E-state index in [0.717, 1.165) is 5.69 Å². The summed E-state index contributed by atoms with van der Waals surface area (Å²) in [6.45, 7) is 5.59. The van der Waals surface area contributed by atoms with Gasteiger partial charge in [-0.25, -0.2) is 4.98 Å². The molecule has 1 aromatic rings. The van der Waals surface area contributed by atoms with Gasteiger partial charge in [0.2, 0.25) is 5.91 Å². The molecule has 5 nitrogen and oxygen atoms in total. The van der Waals surface area contributed by atoms with Crippen molar-refractivity contribution in [2.24, 2.45) is 0 Å². The number of hydrogen-bond acceptors (Lipinski definition) is 3. The summed E-state index contributed by atoms with van der Waals surface area (Å²) in [7, 11) is 3.29. The molecular weight excluding hydrogens is 278 g/mol. The van der Waals surface area contributed by atoms with Crippen LogP contribution in [0.15, 0.2) is 12.1 Å². The molecule has 0 fully saturated rings. The molecule has 1 aromatic heterocycles. The molecule has 1 heterocycles.